The van der Waals surface area contributed by atoms with Crippen molar-refractivity contribution in [3.05, 3.63) is 47.5 Å². The zero-order valence-electron chi connectivity index (χ0n) is 17.6. The first-order valence-electron chi connectivity index (χ1n) is 9.05. The number of nitriles is 1. The van der Waals surface area contributed by atoms with Gasteiger partial charge in [-0.25, -0.2) is 0 Å². The number of allylic oxidation sites excluding steroid dienone is 1. The molecule has 8 nitrogen and oxygen atoms in total. The molecule has 0 aromatic heterocycles. The van der Waals surface area contributed by atoms with Crippen LogP contribution in [-0.2, 0) is 4.79 Å². The molecule has 3 N–H and O–H groups in total. The average Bonchev–Trinajstić information content (AvgIpc) is 2.76. The zero-order valence-corrected chi connectivity index (χ0v) is 17.6. The predicted molar refractivity (Wildman–Crippen MR) is 114 cm³/mol. The van der Waals surface area contributed by atoms with Crippen LogP contribution in [0.15, 0.2) is 36.4 Å². The molecule has 158 valence electrons. The second-order valence-corrected chi connectivity index (χ2v) is 6.29. The predicted octanol–water partition coefficient (Wildman–Crippen LogP) is 2.96. The molecule has 1 atom stereocenters. The smallest absolute Gasteiger partial charge is 0.241 e. The van der Waals surface area contributed by atoms with Gasteiger partial charge in [-0.3, -0.25) is 4.79 Å². The Kier molecular flexibility index (Phi) is 7.67. The number of carbonyl (C=O) groups excluding carboxylic acids is 1. The number of carbonyl (C=O) groups is 1. The minimum Gasteiger partial charge on any atom is -0.495 e. The molecule has 1 unspecified atom stereocenters. The number of rotatable bonds is 8. The van der Waals surface area contributed by atoms with Crippen LogP contribution in [0, 0.1) is 11.3 Å². The number of hydrogen-bond donors (Lipinski definition) is 2. The minimum absolute atomic E-state index is 0.357. The van der Waals surface area contributed by atoms with Crippen molar-refractivity contribution in [3.8, 4) is 29.1 Å². The molecule has 0 aliphatic heterocycles. The first-order valence-corrected chi connectivity index (χ1v) is 9.05. The van der Waals surface area contributed by atoms with Gasteiger partial charge in [-0.1, -0.05) is 6.07 Å². The highest BCUT2D eigenvalue weighted by atomic mass is 16.5. The highest BCUT2D eigenvalue weighted by Crippen LogP contribution is 2.41. The van der Waals surface area contributed by atoms with Crippen LogP contribution in [0.5, 0.6) is 23.0 Å². The number of nitrogens with two attached hydrogens (primary N) is 1. The van der Waals surface area contributed by atoms with Crippen molar-refractivity contribution in [1.82, 2.24) is 0 Å². The molecule has 0 aliphatic carbocycles. The Hall–Kier alpha value is -3.70. The lowest BCUT2D eigenvalue weighted by molar-refractivity contribution is -0.117. The van der Waals surface area contributed by atoms with Gasteiger partial charge in [-0.15, -0.1) is 0 Å². The Morgan fingerprint density at radius 2 is 1.60 bits per heavy atom. The molecule has 30 heavy (non-hydrogen) atoms. The van der Waals surface area contributed by atoms with E-state index in [2.05, 4.69) is 11.4 Å². The minimum atomic E-state index is -0.692. The van der Waals surface area contributed by atoms with E-state index in [0.29, 0.717) is 45.4 Å². The first kappa shape index (κ1) is 22.6. The van der Waals surface area contributed by atoms with E-state index >= 15 is 0 Å². The summed E-state index contributed by atoms with van der Waals surface area (Å²) in [4.78, 5) is 12.1. The third kappa shape index (κ3) is 4.82. The maximum atomic E-state index is 12.1. The molecule has 0 saturated carbocycles. The van der Waals surface area contributed by atoms with Crippen LogP contribution in [0.1, 0.15) is 18.1 Å². The van der Waals surface area contributed by atoms with Gasteiger partial charge in [-0.2, -0.15) is 5.26 Å². The third-order valence-corrected chi connectivity index (χ3v) is 4.37. The third-order valence-electron chi connectivity index (χ3n) is 4.37. The molecule has 0 aliphatic rings. The van der Waals surface area contributed by atoms with Crippen molar-refractivity contribution < 1.29 is 23.7 Å². The SMILES string of the molecule is COc1ccc(/C(=C\C#N)c2cc(OC)c(OC)c(OC)c2)cc1NC(=O)C(C)N. The lowest BCUT2D eigenvalue weighted by Gasteiger charge is -2.17. The summed E-state index contributed by atoms with van der Waals surface area (Å²) in [5.74, 6) is 1.46. The fraction of sp³-hybridized carbons (Fsp3) is 0.273. The summed E-state index contributed by atoms with van der Waals surface area (Å²) >= 11 is 0. The maximum absolute atomic E-state index is 12.1. The van der Waals surface area contributed by atoms with Crippen LogP contribution in [0.2, 0.25) is 0 Å². The molecule has 2 rings (SSSR count). The molecule has 8 heteroatoms. The molecule has 0 spiro atoms. The van der Waals surface area contributed by atoms with E-state index in [-0.39, 0.29) is 5.91 Å². The largest absolute Gasteiger partial charge is 0.495 e. The number of nitrogens with zero attached hydrogens (tertiary/aromatic N) is 1. The van der Waals surface area contributed by atoms with Gasteiger partial charge in [0, 0.05) is 6.08 Å². The van der Waals surface area contributed by atoms with Gasteiger partial charge in [0.1, 0.15) is 5.75 Å². The molecule has 2 aromatic carbocycles. The van der Waals surface area contributed by atoms with Gasteiger partial charge in [-0.05, 0) is 47.9 Å². The molecule has 0 saturated heterocycles. The Morgan fingerprint density at radius 3 is 2.07 bits per heavy atom. The molecule has 0 fully saturated rings. The molecule has 1 amide bonds. The fourth-order valence-electron chi connectivity index (χ4n) is 2.85. The number of ether oxygens (including phenoxy) is 4. The van der Waals surface area contributed by atoms with Crippen LogP contribution in [-0.4, -0.2) is 40.4 Å². The fourth-order valence-corrected chi connectivity index (χ4v) is 2.85. The second kappa shape index (κ2) is 10.2. The van der Waals surface area contributed by atoms with Crippen molar-refractivity contribution in [2.24, 2.45) is 5.73 Å². The highest BCUT2D eigenvalue weighted by Gasteiger charge is 2.18. The normalized spacial score (nSPS) is 11.8. The molecule has 0 radical (unpaired) electrons. The van der Waals surface area contributed by atoms with Crippen molar-refractivity contribution in [1.29, 1.82) is 5.26 Å². The summed E-state index contributed by atoms with van der Waals surface area (Å²) in [6, 6.07) is 10.1. The summed E-state index contributed by atoms with van der Waals surface area (Å²) in [6.45, 7) is 1.59. The first-order chi connectivity index (χ1) is 14.4. The second-order valence-electron chi connectivity index (χ2n) is 6.29. The summed E-state index contributed by atoms with van der Waals surface area (Å²) in [6.07, 6.45) is 1.40. The molecule has 0 bridgehead atoms. The summed E-state index contributed by atoms with van der Waals surface area (Å²) < 4.78 is 21.5. The molecule has 0 heterocycles. The van der Waals surface area contributed by atoms with E-state index in [4.69, 9.17) is 24.7 Å². The van der Waals surface area contributed by atoms with Gasteiger partial charge in [0.15, 0.2) is 11.5 Å². The van der Waals surface area contributed by atoms with E-state index in [1.54, 1.807) is 37.3 Å². The average molecular weight is 411 g/mol. The van der Waals surface area contributed by atoms with Crippen LogP contribution in [0.25, 0.3) is 5.57 Å². The van der Waals surface area contributed by atoms with Gasteiger partial charge >= 0.3 is 0 Å². The quantitative estimate of drug-likeness (QED) is 0.642. The van der Waals surface area contributed by atoms with Crippen molar-refractivity contribution in [3.63, 3.8) is 0 Å². The number of anilines is 1. The van der Waals surface area contributed by atoms with E-state index in [0.717, 1.165) is 0 Å². The summed E-state index contributed by atoms with van der Waals surface area (Å²) in [5.41, 5.74) is 8.03. The summed E-state index contributed by atoms with van der Waals surface area (Å²) in [7, 11) is 6.05. The molecular weight excluding hydrogens is 386 g/mol. The lowest BCUT2D eigenvalue weighted by Crippen LogP contribution is -2.32. The van der Waals surface area contributed by atoms with Gasteiger partial charge in [0.25, 0.3) is 0 Å². The van der Waals surface area contributed by atoms with Gasteiger partial charge < -0.3 is 30.0 Å². The Morgan fingerprint density at radius 1 is 1.00 bits per heavy atom. The number of hydrogen-bond acceptors (Lipinski definition) is 7. The number of methoxy groups -OCH3 is 4. The number of nitrogens with one attached hydrogen (secondary N) is 1. The van der Waals surface area contributed by atoms with Crippen LogP contribution >= 0.6 is 0 Å². The van der Waals surface area contributed by atoms with E-state index in [9.17, 15) is 10.1 Å². The monoisotopic (exact) mass is 411 g/mol. The van der Waals surface area contributed by atoms with Gasteiger partial charge in [0.05, 0.1) is 46.2 Å². The number of benzene rings is 2. The van der Waals surface area contributed by atoms with Crippen molar-refractivity contribution >= 4 is 17.2 Å². The number of amides is 1. The Balaban J connectivity index is 2.63. The van der Waals surface area contributed by atoms with Crippen LogP contribution < -0.4 is 30.0 Å². The van der Waals surface area contributed by atoms with E-state index in [1.165, 1.54) is 34.5 Å². The Labute approximate surface area is 175 Å². The topological polar surface area (TPSA) is 116 Å². The van der Waals surface area contributed by atoms with Crippen LogP contribution in [0.4, 0.5) is 5.69 Å². The van der Waals surface area contributed by atoms with E-state index in [1.807, 2.05) is 0 Å². The van der Waals surface area contributed by atoms with E-state index < -0.39 is 6.04 Å². The van der Waals surface area contributed by atoms with Crippen LogP contribution in [0.3, 0.4) is 0 Å². The summed E-state index contributed by atoms with van der Waals surface area (Å²) in [5, 5.41) is 12.1. The maximum Gasteiger partial charge on any atom is 0.241 e. The van der Waals surface area contributed by atoms with Gasteiger partial charge in [0.2, 0.25) is 11.7 Å². The zero-order chi connectivity index (χ0) is 22.3. The highest BCUT2D eigenvalue weighted by molar-refractivity contribution is 5.96. The lowest BCUT2D eigenvalue weighted by atomic mass is 9.96. The standard InChI is InChI=1S/C22H25N3O5/c1-13(24)22(26)25-17-10-14(6-7-18(17)27-2)16(8-9-23)15-11-19(28-3)21(30-5)20(12-15)29-4/h6-8,10-13H,24H2,1-5H3,(H,25,26)/b16-8+. The van der Waals surface area contributed by atoms with Crippen molar-refractivity contribution in [2.45, 2.75) is 13.0 Å². The molecular formula is C22H25N3O5. The Bertz CT molecular complexity index is 968. The van der Waals surface area contributed by atoms with Crippen molar-refractivity contribution in [2.75, 3.05) is 33.8 Å². The molecule has 2 aromatic rings.